The summed E-state index contributed by atoms with van der Waals surface area (Å²) in [5, 5.41) is 0. The molecule has 0 saturated carbocycles. The minimum Gasteiger partial charge on any atom is -0.493 e. The predicted molar refractivity (Wildman–Crippen MR) is 64.7 cm³/mol. The van der Waals surface area contributed by atoms with Gasteiger partial charge in [0, 0.05) is 0 Å². The van der Waals surface area contributed by atoms with Gasteiger partial charge in [0.1, 0.15) is 5.75 Å². The van der Waals surface area contributed by atoms with Crippen molar-refractivity contribution in [1.82, 2.24) is 0 Å². The fourth-order valence-electron chi connectivity index (χ4n) is 1.52. The van der Waals surface area contributed by atoms with Crippen molar-refractivity contribution >= 4 is 12.4 Å². The number of rotatable bonds is 6. The molecule has 1 nitrogen and oxygen atoms in total. The molecule has 0 fully saturated rings. The molecular formula is C12H17BF3KO. The van der Waals surface area contributed by atoms with Crippen LogP contribution in [0.1, 0.15) is 26.7 Å². The summed E-state index contributed by atoms with van der Waals surface area (Å²) in [5.74, 6) is 0.960. The fourth-order valence-corrected chi connectivity index (χ4v) is 1.52. The van der Waals surface area contributed by atoms with Gasteiger partial charge in [-0.1, -0.05) is 38.8 Å². The molecule has 1 aromatic rings. The summed E-state index contributed by atoms with van der Waals surface area (Å²) < 4.78 is 42.6. The Bertz CT molecular complexity index is 336. The summed E-state index contributed by atoms with van der Waals surface area (Å²) in [6.45, 7) is -0.196. The van der Waals surface area contributed by atoms with E-state index in [-0.39, 0.29) is 51.4 Å². The zero-order valence-electron chi connectivity index (χ0n) is 11.1. The summed E-state index contributed by atoms with van der Waals surface area (Å²) in [4.78, 5) is 0. The monoisotopic (exact) mass is 284 g/mol. The third-order valence-corrected chi connectivity index (χ3v) is 2.90. The van der Waals surface area contributed by atoms with Crippen LogP contribution in [0.5, 0.6) is 5.75 Å². The Morgan fingerprint density at radius 2 is 1.56 bits per heavy atom. The van der Waals surface area contributed by atoms with E-state index in [0.29, 0.717) is 18.3 Å². The van der Waals surface area contributed by atoms with E-state index in [2.05, 4.69) is 13.8 Å². The molecule has 0 bridgehead atoms. The van der Waals surface area contributed by atoms with Gasteiger partial charge < -0.3 is 17.7 Å². The molecule has 0 spiro atoms. The van der Waals surface area contributed by atoms with Crippen molar-refractivity contribution in [2.24, 2.45) is 5.92 Å². The molecule has 0 aromatic heterocycles. The van der Waals surface area contributed by atoms with Crippen molar-refractivity contribution in [3.8, 4) is 5.75 Å². The SMILES string of the molecule is CCC(CC)COc1ccc([B-](F)(F)F)cc1.[K+]. The van der Waals surface area contributed by atoms with E-state index in [9.17, 15) is 12.9 Å². The van der Waals surface area contributed by atoms with E-state index in [1.54, 1.807) is 0 Å². The van der Waals surface area contributed by atoms with Crippen LogP contribution in [0.15, 0.2) is 24.3 Å². The van der Waals surface area contributed by atoms with Gasteiger partial charge in [-0.15, -0.1) is 5.46 Å². The van der Waals surface area contributed by atoms with Gasteiger partial charge in [0.2, 0.25) is 0 Å². The van der Waals surface area contributed by atoms with Crippen LogP contribution in [0.25, 0.3) is 0 Å². The van der Waals surface area contributed by atoms with Crippen molar-refractivity contribution in [3.05, 3.63) is 24.3 Å². The number of hydrogen-bond donors (Lipinski definition) is 0. The van der Waals surface area contributed by atoms with Crippen molar-refractivity contribution in [2.75, 3.05) is 6.61 Å². The largest absolute Gasteiger partial charge is 1.00 e. The average molecular weight is 284 g/mol. The van der Waals surface area contributed by atoms with E-state index < -0.39 is 12.4 Å². The van der Waals surface area contributed by atoms with Crippen molar-refractivity contribution in [2.45, 2.75) is 26.7 Å². The third-order valence-electron chi connectivity index (χ3n) is 2.90. The van der Waals surface area contributed by atoms with Crippen molar-refractivity contribution in [1.29, 1.82) is 0 Å². The van der Waals surface area contributed by atoms with Crippen LogP contribution in [0.4, 0.5) is 12.9 Å². The smallest absolute Gasteiger partial charge is 0.493 e. The maximum absolute atomic E-state index is 12.4. The minimum atomic E-state index is -4.91. The molecular weight excluding hydrogens is 267 g/mol. The minimum absolute atomic E-state index is 0. The van der Waals surface area contributed by atoms with Gasteiger partial charge >= 0.3 is 58.4 Å². The molecule has 0 aliphatic carbocycles. The molecule has 0 atom stereocenters. The normalized spacial score (nSPS) is 11.2. The van der Waals surface area contributed by atoms with Crippen molar-refractivity contribution < 1.29 is 69.1 Å². The molecule has 1 aromatic carbocycles. The second kappa shape index (κ2) is 8.64. The Hall–Kier alpha value is 0.511. The Morgan fingerprint density at radius 3 is 1.94 bits per heavy atom. The Labute approximate surface area is 149 Å². The Balaban J connectivity index is 0.00000289. The molecule has 0 N–H and O–H groups in total. The number of benzene rings is 1. The van der Waals surface area contributed by atoms with Crippen LogP contribution in [0.2, 0.25) is 0 Å². The number of halogens is 3. The Morgan fingerprint density at radius 1 is 1.06 bits per heavy atom. The molecule has 0 aliphatic rings. The van der Waals surface area contributed by atoms with Crippen LogP contribution in [-0.4, -0.2) is 13.6 Å². The third kappa shape index (κ3) is 6.10. The first-order valence-corrected chi connectivity index (χ1v) is 5.90. The van der Waals surface area contributed by atoms with Crippen LogP contribution in [0.3, 0.4) is 0 Å². The number of ether oxygens (including phenoxy) is 1. The second-order valence-electron chi connectivity index (χ2n) is 4.14. The Kier molecular flexibility index (Phi) is 8.88. The first-order valence-electron chi connectivity index (χ1n) is 5.90. The topological polar surface area (TPSA) is 9.23 Å². The maximum atomic E-state index is 12.4. The molecule has 18 heavy (non-hydrogen) atoms. The maximum Gasteiger partial charge on any atom is 1.00 e. The molecule has 0 heterocycles. The summed E-state index contributed by atoms with van der Waals surface area (Å²) >= 11 is 0. The first-order chi connectivity index (χ1) is 7.97. The van der Waals surface area contributed by atoms with Crippen LogP contribution >= 0.6 is 0 Å². The molecule has 0 saturated heterocycles. The zero-order valence-corrected chi connectivity index (χ0v) is 14.3. The molecule has 0 unspecified atom stereocenters. The van der Waals surface area contributed by atoms with E-state index in [1.165, 1.54) is 12.1 Å². The van der Waals surface area contributed by atoms with Crippen molar-refractivity contribution in [3.63, 3.8) is 0 Å². The van der Waals surface area contributed by atoms with Gasteiger partial charge in [-0.3, -0.25) is 0 Å². The second-order valence-corrected chi connectivity index (χ2v) is 4.14. The summed E-state index contributed by atoms with van der Waals surface area (Å²) in [6, 6.07) is 4.91. The molecule has 96 valence electrons. The van der Waals surface area contributed by atoms with E-state index >= 15 is 0 Å². The van der Waals surface area contributed by atoms with Gasteiger partial charge in [-0.25, -0.2) is 0 Å². The quantitative estimate of drug-likeness (QED) is 0.694. The number of hydrogen-bond acceptors (Lipinski definition) is 1. The first kappa shape index (κ1) is 18.5. The summed E-state index contributed by atoms with van der Waals surface area (Å²) in [7, 11) is 0. The van der Waals surface area contributed by atoms with Gasteiger partial charge in [0.05, 0.1) is 6.61 Å². The van der Waals surface area contributed by atoms with Crippen LogP contribution in [0, 0.1) is 5.92 Å². The molecule has 6 heteroatoms. The summed E-state index contributed by atoms with van der Waals surface area (Å²) in [5.41, 5.74) is -0.583. The average Bonchev–Trinajstić information content (AvgIpc) is 2.30. The fraction of sp³-hybridized carbons (Fsp3) is 0.500. The van der Waals surface area contributed by atoms with Gasteiger partial charge in [-0.05, 0) is 18.1 Å². The standard InChI is InChI=1S/C12H17BF3O.K/c1-3-10(4-2)9-17-12-7-5-11(6-8-12)13(14,15)16;/h5-8,10H,3-4,9H2,1-2H3;/q-1;+1. The molecule has 0 radical (unpaired) electrons. The van der Waals surface area contributed by atoms with Gasteiger partial charge in [0.25, 0.3) is 0 Å². The van der Waals surface area contributed by atoms with Gasteiger partial charge in [-0.2, -0.15) is 0 Å². The zero-order chi connectivity index (χ0) is 12.9. The molecule has 1 rings (SSSR count). The molecule has 0 amide bonds. The van der Waals surface area contributed by atoms with E-state index in [1.807, 2.05) is 0 Å². The van der Waals surface area contributed by atoms with Gasteiger partial charge in [0.15, 0.2) is 0 Å². The molecule has 0 aliphatic heterocycles. The van der Waals surface area contributed by atoms with Crippen LogP contribution < -0.4 is 61.6 Å². The van der Waals surface area contributed by atoms with E-state index in [0.717, 1.165) is 25.0 Å². The van der Waals surface area contributed by atoms with E-state index in [4.69, 9.17) is 4.74 Å². The predicted octanol–water partition coefficient (Wildman–Crippen LogP) is 0.560. The van der Waals surface area contributed by atoms with Crippen LogP contribution in [-0.2, 0) is 0 Å². The summed E-state index contributed by atoms with van der Waals surface area (Å²) in [6.07, 6.45) is 2.03.